The lowest BCUT2D eigenvalue weighted by Crippen LogP contribution is -2.52. The van der Waals surface area contributed by atoms with E-state index in [9.17, 15) is 0 Å². The number of hydrogen-bond acceptors (Lipinski definition) is 6. The maximum atomic E-state index is 6.05. The maximum Gasteiger partial charge on any atom is 0.153 e. The lowest BCUT2D eigenvalue weighted by molar-refractivity contribution is -0.129. The quantitative estimate of drug-likeness (QED) is 0.608. The Labute approximate surface area is 120 Å². The Morgan fingerprint density at radius 2 is 2.26 bits per heavy atom. The molecule has 0 spiro atoms. The van der Waals surface area contributed by atoms with E-state index in [0.29, 0.717) is 24.4 Å². The van der Waals surface area contributed by atoms with E-state index in [1.54, 1.807) is 4.68 Å². The van der Waals surface area contributed by atoms with Crippen LogP contribution in [0.2, 0.25) is 0 Å². The van der Waals surface area contributed by atoms with Gasteiger partial charge in [0.05, 0.1) is 17.3 Å². The third-order valence-electron chi connectivity index (χ3n) is 3.56. The maximum absolute atomic E-state index is 6.05. The van der Waals surface area contributed by atoms with E-state index in [2.05, 4.69) is 31.7 Å². The SMILES string of the molecule is CCOC1(C(NN)c2c(Br)nnn2C)CCOCC1. The summed E-state index contributed by atoms with van der Waals surface area (Å²) < 4.78 is 13.9. The summed E-state index contributed by atoms with van der Waals surface area (Å²) in [7, 11) is 1.84. The van der Waals surface area contributed by atoms with Gasteiger partial charge >= 0.3 is 0 Å². The summed E-state index contributed by atoms with van der Waals surface area (Å²) in [6.45, 7) is 3.95. The molecule has 3 N–H and O–H groups in total. The van der Waals surface area contributed by atoms with Gasteiger partial charge in [-0.05, 0) is 22.9 Å². The van der Waals surface area contributed by atoms with Crippen LogP contribution in [-0.4, -0.2) is 40.4 Å². The minimum absolute atomic E-state index is 0.189. The fourth-order valence-electron chi connectivity index (χ4n) is 2.65. The summed E-state index contributed by atoms with van der Waals surface area (Å²) in [5.41, 5.74) is 3.37. The first-order valence-corrected chi connectivity index (χ1v) is 7.17. The third-order valence-corrected chi connectivity index (χ3v) is 4.13. The van der Waals surface area contributed by atoms with E-state index in [0.717, 1.165) is 18.5 Å². The standard InChI is InChI=1S/C11H20BrN5O2/c1-3-19-11(4-6-18-7-5-11)9(14-13)8-10(12)15-16-17(8)2/h9,14H,3-7,13H2,1-2H3. The molecule has 1 aromatic heterocycles. The Kier molecular flexibility index (Phi) is 4.91. The lowest BCUT2D eigenvalue weighted by Gasteiger charge is -2.42. The van der Waals surface area contributed by atoms with Crippen LogP contribution in [-0.2, 0) is 16.5 Å². The molecule has 0 radical (unpaired) electrons. The molecule has 1 saturated heterocycles. The van der Waals surface area contributed by atoms with Gasteiger partial charge in [-0.1, -0.05) is 5.21 Å². The van der Waals surface area contributed by atoms with Crippen LogP contribution in [0.15, 0.2) is 4.60 Å². The van der Waals surface area contributed by atoms with Gasteiger partial charge in [0.15, 0.2) is 4.60 Å². The van der Waals surface area contributed by atoms with Crippen molar-refractivity contribution in [2.24, 2.45) is 12.9 Å². The molecule has 108 valence electrons. The molecule has 1 atom stereocenters. The Bertz CT molecular complexity index is 394. The summed E-state index contributed by atoms with van der Waals surface area (Å²) in [5.74, 6) is 5.79. The molecule has 2 heterocycles. The first kappa shape index (κ1) is 14.9. The number of nitrogens with one attached hydrogen (secondary N) is 1. The van der Waals surface area contributed by atoms with Crippen LogP contribution in [0.4, 0.5) is 0 Å². The number of ether oxygens (including phenoxy) is 2. The van der Waals surface area contributed by atoms with Crippen molar-refractivity contribution in [2.75, 3.05) is 19.8 Å². The molecular weight excluding hydrogens is 314 g/mol. The molecule has 0 saturated carbocycles. The molecule has 0 aliphatic carbocycles. The molecule has 1 aromatic rings. The first-order chi connectivity index (χ1) is 9.14. The van der Waals surface area contributed by atoms with Crippen molar-refractivity contribution in [3.05, 3.63) is 10.3 Å². The van der Waals surface area contributed by atoms with E-state index < -0.39 is 0 Å². The van der Waals surface area contributed by atoms with Crippen molar-refractivity contribution in [1.29, 1.82) is 0 Å². The number of rotatable bonds is 5. The smallest absolute Gasteiger partial charge is 0.153 e. The molecular formula is C11H20BrN5O2. The molecule has 0 bridgehead atoms. The van der Waals surface area contributed by atoms with Crippen LogP contribution >= 0.6 is 15.9 Å². The topological polar surface area (TPSA) is 87.2 Å². The van der Waals surface area contributed by atoms with E-state index in [1.165, 1.54) is 0 Å². The van der Waals surface area contributed by atoms with E-state index >= 15 is 0 Å². The van der Waals surface area contributed by atoms with Crippen molar-refractivity contribution >= 4 is 15.9 Å². The van der Waals surface area contributed by atoms with E-state index in [1.807, 2.05) is 14.0 Å². The van der Waals surface area contributed by atoms with Crippen LogP contribution in [0, 0.1) is 0 Å². The normalized spacial score (nSPS) is 20.4. The van der Waals surface area contributed by atoms with E-state index in [-0.39, 0.29) is 11.6 Å². The van der Waals surface area contributed by atoms with E-state index in [4.69, 9.17) is 15.3 Å². The molecule has 0 aromatic carbocycles. The summed E-state index contributed by atoms with van der Waals surface area (Å²) in [4.78, 5) is 0. The molecule has 1 unspecified atom stereocenters. The number of aryl methyl sites for hydroxylation is 1. The Morgan fingerprint density at radius 1 is 1.58 bits per heavy atom. The van der Waals surface area contributed by atoms with Crippen LogP contribution in [0.5, 0.6) is 0 Å². The molecule has 7 nitrogen and oxygen atoms in total. The molecule has 8 heteroatoms. The average molecular weight is 334 g/mol. The minimum atomic E-state index is -0.389. The highest BCUT2D eigenvalue weighted by Crippen LogP contribution is 2.39. The zero-order valence-corrected chi connectivity index (χ0v) is 12.8. The van der Waals surface area contributed by atoms with Gasteiger partial charge in [0.2, 0.25) is 0 Å². The summed E-state index contributed by atoms with van der Waals surface area (Å²) in [6.07, 6.45) is 1.57. The van der Waals surface area contributed by atoms with Gasteiger partial charge in [-0.15, -0.1) is 5.10 Å². The van der Waals surface area contributed by atoms with Crippen molar-refractivity contribution in [2.45, 2.75) is 31.4 Å². The van der Waals surface area contributed by atoms with Crippen LogP contribution < -0.4 is 11.3 Å². The monoisotopic (exact) mass is 333 g/mol. The fourth-order valence-corrected chi connectivity index (χ4v) is 3.20. The minimum Gasteiger partial charge on any atom is -0.381 e. The number of hydrogen-bond donors (Lipinski definition) is 2. The molecule has 1 fully saturated rings. The average Bonchev–Trinajstić information content (AvgIpc) is 2.73. The zero-order chi connectivity index (χ0) is 13.9. The van der Waals surface area contributed by atoms with Gasteiger partial charge in [0, 0.05) is 39.7 Å². The highest BCUT2D eigenvalue weighted by atomic mass is 79.9. The van der Waals surface area contributed by atoms with Gasteiger partial charge in [0.1, 0.15) is 0 Å². The molecule has 1 aliphatic rings. The molecule has 0 amide bonds. The van der Waals surface area contributed by atoms with Crippen LogP contribution in [0.25, 0.3) is 0 Å². The fraction of sp³-hybridized carbons (Fsp3) is 0.818. The van der Waals surface area contributed by atoms with Gasteiger partial charge in [-0.2, -0.15) is 0 Å². The number of halogens is 1. The van der Waals surface area contributed by atoms with Crippen LogP contribution in [0.3, 0.4) is 0 Å². The molecule has 1 aliphatic heterocycles. The van der Waals surface area contributed by atoms with Crippen molar-refractivity contribution in [3.8, 4) is 0 Å². The number of nitrogens with zero attached hydrogens (tertiary/aromatic N) is 3. The van der Waals surface area contributed by atoms with Gasteiger partial charge < -0.3 is 9.47 Å². The predicted octanol–water partition coefficient (Wildman–Crippen LogP) is 0.668. The largest absolute Gasteiger partial charge is 0.381 e. The summed E-state index contributed by atoms with van der Waals surface area (Å²) in [5, 5.41) is 8.03. The Balaban J connectivity index is 2.37. The Hall–Kier alpha value is -0.540. The molecule has 2 rings (SSSR count). The highest BCUT2D eigenvalue weighted by molar-refractivity contribution is 9.10. The summed E-state index contributed by atoms with van der Waals surface area (Å²) in [6, 6.07) is -0.189. The second kappa shape index (κ2) is 6.27. The van der Waals surface area contributed by atoms with Gasteiger partial charge in [0.25, 0.3) is 0 Å². The number of nitrogens with two attached hydrogens (primary N) is 1. The van der Waals surface area contributed by atoms with Crippen molar-refractivity contribution in [1.82, 2.24) is 20.4 Å². The van der Waals surface area contributed by atoms with Crippen molar-refractivity contribution in [3.63, 3.8) is 0 Å². The third kappa shape index (κ3) is 2.82. The van der Waals surface area contributed by atoms with Crippen molar-refractivity contribution < 1.29 is 9.47 Å². The number of hydrazine groups is 1. The summed E-state index contributed by atoms with van der Waals surface area (Å²) >= 11 is 3.42. The van der Waals surface area contributed by atoms with Gasteiger partial charge in [-0.3, -0.25) is 5.84 Å². The number of aromatic nitrogens is 3. The first-order valence-electron chi connectivity index (χ1n) is 6.37. The van der Waals surface area contributed by atoms with Crippen LogP contribution in [0.1, 0.15) is 31.5 Å². The lowest BCUT2D eigenvalue weighted by atomic mass is 9.84. The Morgan fingerprint density at radius 3 is 2.74 bits per heavy atom. The molecule has 19 heavy (non-hydrogen) atoms. The zero-order valence-electron chi connectivity index (χ0n) is 11.2. The second-order valence-corrected chi connectivity index (χ2v) is 5.35. The van der Waals surface area contributed by atoms with Gasteiger partial charge in [-0.25, -0.2) is 10.1 Å². The second-order valence-electron chi connectivity index (χ2n) is 4.60. The predicted molar refractivity (Wildman–Crippen MR) is 73.2 cm³/mol. The highest BCUT2D eigenvalue weighted by Gasteiger charge is 2.44.